The first-order valence-electron chi connectivity index (χ1n) is 4.19. The van der Waals surface area contributed by atoms with Crippen molar-refractivity contribution in [1.29, 1.82) is 0 Å². The van der Waals surface area contributed by atoms with Crippen LogP contribution in [-0.4, -0.2) is 45.2 Å². The molecule has 2 heterocycles. The van der Waals surface area contributed by atoms with Crippen LogP contribution < -0.4 is 0 Å². The Morgan fingerprint density at radius 2 is 2.29 bits per heavy atom. The molecule has 0 unspecified atom stereocenters. The molecule has 6 nitrogen and oxygen atoms in total. The minimum atomic E-state index is -0.846. The molecular weight excluding hydrogens is 186 g/mol. The summed E-state index contributed by atoms with van der Waals surface area (Å²) >= 11 is 0. The highest BCUT2D eigenvalue weighted by Gasteiger charge is 2.36. The zero-order chi connectivity index (χ0) is 10.1. The standard InChI is InChI=1S/C8H9N3O3/c12-7(5-1-9-10-2-5)11-3-6(4-11)8(13)14/h1-2,6H,3-4H2,(H,9,10)(H,13,14). The van der Waals surface area contributed by atoms with E-state index >= 15 is 0 Å². The van der Waals surface area contributed by atoms with Gasteiger partial charge in [-0.05, 0) is 0 Å². The van der Waals surface area contributed by atoms with Gasteiger partial charge in [0.25, 0.3) is 5.91 Å². The topological polar surface area (TPSA) is 86.3 Å². The lowest BCUT2D eigenvalue weighted by Crippen LogP contribution is -2.52. The predicted octanol–water partition coefficient (Wildman–Crippen LogP) is -0.434. The molecule has 1 aromatic heterocycles. The molecule has 0 aliphatic carbocycles. The number of aromatic nitrogens is 2. The molecule has 0 aromatic carbocycles. The Kier molecular flexibility index (Phi) is 1.95. The molecule has 1 amide bonds. The third-order valence-corrected chi connectivity index (χ3v) is 2.26. The number of aromatic amines is 1. The van der Waals surface area contributed by atoms with Crippen LogP contribution in [0.3, 0.4) is 0 Å². The highest BCUT2D eigenvalue weighted by molar-refractivity contribution is 5.95. The van der Waals surface area contributed by atoms with Crippen LogP contribution in [0.25, 0.3) is 0 Å². The molecule has 1 aliphatic rings. The predicted molar refractivity (Wildman–Crippen MR) is 45.6 cm³/mol. The molecule has 6 heteroatoms. The van der Waals surface area contributed by atoms with Crippen molar-refractivity contribution in [2.45, 2.75) is 0 Å². The van der Waals surface area contributed by atoms with Crippen LogP contribution in [0.5, 0.6) is 0 Å². The lowest BCUT2D eigenvalue weighted by molar-refractivity contribution is -0.146. The monoisotopic (exact) mass is 195 g/mol. The summed E-state index contributed by atoms with van der Waals surface area (Å²) in [6, 6.07) is 0. The molecule has 14 heavy (non-hydrogen) atoms. The van der Waals surface area contributed by atoms with Crippen molar-refractivity contribution in [3.05, 3.63) is 18.0 Å². The molecule has 74 valence electrons. The number of carboxylic acid groups (broad SMARTS) is 1. The third kappa shape index (κ3) is 1.34. The molecule has 0 saturated carbocycles. The number of hydrogen-bond acceptors (Lipinski definition) is 3. The first-order valence-corrected chi connectivity index (χ1v) is 4.19. The maximum Gasteiger partial charge on any atom is 0.310 e. The Morgan fingerprint density at radius 1 is 1.57 bits per heavy atom. The van der Waals surface area contributed by atoms with Crippen LogP contribution in [-0.2, 0) is 4.79 Å². The number of amides is 1. The lowest BCUT2D eigenvalue weighted by atomic mass is 10.00. The molecule has 1 saturated heterocycles. The Hall–Kier alpha value is -1.85. The van der Waals surface area contributed by atoms with Gasteiger partial charge < -0.3 is 10.0 Å². The van der Waals surface area contributed by atoms with E-state index < -0.39 is 11.9 Å². The quantitative estimate of drug-likeness (QED) is 0.670. The van der Waals surface area contributed by atoms with Gasteiger partial charge in [0.2, 0.25) is 0 Å². The summed E-state index contributed by atoms with van der Waals surface area (Å²) in [5.74, 6) is -1.43. The van der Waals surface area contributed by atoms with Gasteiger partial charge in [-0.1, -0.05) is 0 Å². The number of likely N-dealkylation sites (tertiary alicyclic amines) is 1. The summed E-state index contributed by atoms with van der Waals surface area (Å²) in [6.45, 7) is 0.582. The highest BCUT2D eigenvalue weighted by Crippen LogP contribution is 2.17. The number of nitrogens with one attached hydrogen (secondary N) is 1. The van der Waals surface area contributed by atoms with Crippen LogP contribution in [0.2, 0.25) is 0 Å². The Bertz CT molecular complexity index is 354. The van der Waals surface area contributed by atoms with Crippen molar-refractivity contribution in [1.82, 2.24) is 15.1 Å². The molecular formula is C8H9N3O3. The first kappa shape index (κ1) is 8.74. The number of carbonyl (C=O) groups is 2. The molecule has 1 aromatic rings. The number of rotatable bonds is 2. The molecule has 0 radical (unpaired) electrons. The molecule has 0 atom stereocenters. The van der Waals surface area contributed by atoms with Crippen LogP contribution in [0, 0.1) is 5.92 Å². The van der Waals surface area contributed by atoms with E-state index in [4.69, 9.17) is 5.11 Å². The highest BCUT2D eigenvalue weighted by atomic mass is 16.4. The molecule has 1 fully saturated rings. The Balaban J connectivity index is 1.95. The fourth-order valence-electron chi connectivity index (χ4n) is 1.35. The fraction of sp³-hybridized carbons (Fsp3) is 0.375. The van der Waals surface area contributed by atoms with Crippen molar-refractivity contribution in [3.8, 4) is 0 Å². The van der Waals surface area contributed by atoms with Gasteiger partial charge in [-0.3, -0.25) is 14.7 Å². The summed E-state index contributed by atoms with van der Waals surface area (Å²) in [7, 11) is 0. The zero-order valence-electron chi connectivity index (χ0n) is 7.30. The van der Waals surface area contributed by atoms with E-state index in [2.05, 4.69) is 10.2 Å². The number of carbonyl (C=O) groups excluding carboxylic acids is 1. The maximum atomic E-state index is 11.5. The average Bonchev–Trinajstić information content (AvgIpc) is 2.51. The van der Waals surface area contributed by atoms with Crippen LogP contribution in [0.15, 0.2) is 12.4 Å². The molecule has 1 aliphatic heterocycles. The second-order valence-corrected chi connectivity index (χ2v) is 3.23. The summed E-state index contributed by atoms with van der Waals surface area (Å²) in [4.78, 5) is 23.5. The van der Waals surface area contributed by atoms with Crippen molar-refractivity contribution in [3.63, 3.8) is 0 Å². The van der Waals surface area contributed by atoms with E-state index in [0.717, 1.165) is 0 Å². The van der Waals surface area contributed by atoms with Gasteiger partial charge in [-0.15, -0.1) is 0 Å². The number of aliphatic carboxylic acids is 1. The van der Waals surface area contributed by atoms with E-state index in [0.29, 0.717) is 18.7 Å². The summed E-state index contributed by atoms with van der Waals surface area (Å²) < 4.78 is 0. The molecule has 0 spiro atoms. The van der Waals surface area contributed by atoms with Crippen molar-refractivity contribution >= 4 is 11.9 Å². The maximum absolute atomic E-state index is 11.5. The fourth-order valence-corrected chi connectivity index (χ4v) is 1.35. The minimum absolute atomic E-state index is 0.170. The SMILES string of the molecule is O=C(O)C1CN(C(=O)c2cn[nH]c2)C1. The largest absolute Gasteiger partial charge is 0.481 e. The number of hydrogen-bond donors (Lipinski definition) is 2. The Morgan fingerprint density at radius 3 is 2.79 bits per heavy atom. The van der Waals surface area contributed by atoms with Gasteiger partial charge in [0.1, 0.15) is 0 Å². The van der Waals surface area contributed by atoms with Crippen LogP contribution >= 0.6 is 0 Å². The van der Waals surface area contributed by atoms with Gasteiger partial charge in [0, 0.05) is 19.3 Å². The van der Waals surface area contributed by atoms with Crippen molar-refractivity contribution in [2.75, 3.05) is 13.1 Å². The second-order valence-electron chi connectivity index (χ2n) is 3.23. The summed E-state index contributed by atoms with van der Waals surface area (Å²) in [6.07, 6.45) is 2.92. The normalized spacial score (nSPS) is 16.4. The number of carboxylic acids is 1. The lowest BCUT2D eigenvalue weighted by Gasteiger charge is -2.36. The van der Waals surface area contributed by atoms with Crippen LogP contribution in [0.1, 0.15) is 10.4 Å². The van der Waals surface area contributed by atoms with Gasteiger partial charge in [0.05, 0.1) is 17.7 Å². The molecule has 2 N–H and O–H groups in total. The molecule has 0 bridgehead atoms. The Labute approximate surface area is 79.5 Å². The van der Waals surface area contributed by atoms with E-state index in [1.807, 2.05) is 0 Å². The van der Waals surface area contributed by atoms with Crippen molar-refractivity contribution < 1.29 is 14.7 Å². The van der Waals surface area contributed by atoms with E-state index in [-0.39, 0.29) is 5.91 Å². The van der Waals surface area contributed by atoms with Gasteiger partial charge in [-0.2, -0.15) is 5.10 Å². The summed E-state index contributed by atoms with van der Waals surface area (Å²) in [5.41, 5.74) is 0.467. The number of H-pyrrole nitrogens is 1. The third-order valence-electron chi connectivity index (χ3n) is 2.26. The molecule has 2 rings (SSSR count). The smallest absolute Gasteiger partial charge is 0.310 e. The first-order chi connectivity index (χ1) is 6.68. The average molecular weight is 195 g/mol. The van der Waals surface area contributed by atoms with E-state index in [1.54, 1.807) is 0 Å². The van der Waals surface area contributed by atoms with Crippen molar-refractivity contribution in [2.24, 2.45) is 5.92 Å². The minimum Gasteiger partial charge on any atom is -0.481 e. The second kappa shape index (κ2) is 3.13. The number of nitrogens with zero attached hydrogens (tertiary/aromatic N) is 2. The van der Waals surface area contributed by atoms with Gasteiger partial charge >= 0.3 is 5.97 Å². The van der Waals surface area contributed by atoms with Crippen LogP contribution in [0.4, 0.5) is 0 Å². The van der Waals surface area contributed by atoms with E-state index in [9.17, 15) is 9.59 Å². The van der Waals surface area contributed by atoms with E-state index in [1.165, 1.54) is 17.3 Å². The van der Waals surface area contributed by atoms with Gasteiger partial charge in [0.15, 0.2) is 0 Å². The van der Waals surface area contributed by atoms with Gasteiger partial charge in [-0.25, -0.2) is 0 Å². The zero-order valence-corrected chi connectivity index (χ0v) is 7.30. The summed E-state index contributed by atoms with van der Waals surface area (Å²) in [5, 5.41) is 14.8.